The molecular formula is C22H16BrF2N3O3S. The Kier molecular flexibility index (Phi) is 5.83. The molecule has 0 aliphatic heterocycles. The fourth-order valence-electron chi connectivity index (χ4n) is 3.25. The minimum Gasteiger partial charge on any atom is -0.345 e. The molecule has 4 rings (SSSR count). The number of halogens is 3. The number of fused-ring (bicyclic) bond motifs is 1. The van der Waals surface area contributed by atoms with E-state index in [1.807, 2.05) is 6.92 Å². The third-order valence-corrected chi connectivity index (χ3v) is 6.76. The number of nitrogens with zero attached hydrogens (tertiary/aromatic N) is 1. The van der Waals surface area contributed by atoms with Crippen LogP contribution in [0.1, 0.15) is 28.4 Å². The summed E-state index contributed by atoms with van der Waals surface area (Å²) in [7, 11) is -4.16. The Morgan fingerprint density at radius 2 is 1.88 bits per heavy atom. The zero-order valence-corrected chi connectivity index (χ0v) is 19.0. The molecule has 0 saturated carbocycles. The number of benzene rings is 2. The molecule has 2 heterocycles. The zero-order valence-electron chi connectivity index (χ0n) is 16.6. The van der Waals surface area contributed by atoms with Gasteiger partial charge in [-0.3, -0.25) is 9.52 Å². The monoisotopic (exact) mass is 519 g/mol. The summed E-state index contributed by atoms with van der Waals surface area (Å²) in [6, 6.07) is 9.46. The van der Waals surface area contributed by atoms with E-state index in [0.29, 0.717) is 15.5 Å². The van der Waals surface area contributed by atoms with Crippen molar-refractivity contribution in [3.63, 3.8) is 0 Å². The van der Waals surface area contributed by atoms with Gasteiger partial charge in [0, 0.05) is 27.8 Å². The molecule has 0 radical (unpaired) electrons. The summed E-state index contributed by atoms with van der Waals surface area (Å²) in [5, 5.41) is 0.366. The van der Waals surface area contributed by atoms with E-state index in [1.54, 1.807) is 18.2 Å². The second kappa shape index (κ2) is 8.44. The van der Waals surface area contributed by atoms with Gasteiger partial charge in [-0.25, -0.2) is 22.2 Å². The van der Waals surface area contributed by atoms with Crippen LogP contribution in [0.3, 0.4) is 0 Å². The van der Waals surface area contributed by atoms with Gasteiger partial charge in [0.05, 0.1) is 16.1 Å². The summed E-state index contributed by atoms with van der Waals surface area (Å²) in [6.45, 7) is 1.93. The number of anilines is 1. The number of carbonyl (C=O) groups excluding carboxylic acids is 1. The number of H-pyrrole nitrogens is 1. The van der Waals surface area contributed by atoms with Crippen molar-refractivity contribution in [1.29, 1.82) is 0 Å². The highest BCUT2D eigenvalue weighted by Gasteiger charge is 2.26. The lowest BCUT2D eigenvalue weighted by molar-refractivity contribution is 0.103. The minimum absolute atomic E-state index is 0.00163. The molecule has 6 nitrogen and oxygen atoms in total. The van der Waals surface area contributed by atoms with Gasteiger partial charge in [-0.05, 0) is 58.2 Å². The molecule has 0 saturated heterocycles. The predicted octanol–water partition coefficient (Wildman–Crippen LogP) is 5.20. The third kappa shape index (κ3) is 4.03. The number of aromatic nitrogens is 2. The molecule has 164 valence electrons. The van der Waals surface area contributed by atoms with Gasteiger partial charge in [-0.2, -0.15) is 0 Å². The van der Waals surface area contributed by atoms with Gasteiger partial charge in [0.25, 0.3) is 10.0 Å². The van der Waals surface area contributed by atoms with E-state index in [2.05, 4.69) is 30.6 Å². The van der Waals surface area contributed by atoms with Crippen molar-refractivity contribution in [2.45, 2.75) is 18.2 Å². The summed E-state index contributed by atoms with van der Waals surface area (Å²) in [5.74, 6) is -3.36. The molecule has 4 aromatic rings. The maximum Gasteiger partial charge on any atom is 0.261 e. The number of aromatic amines is 1. The van der Waals surface area contributed by atoms with E-state index in [9.17, 15) is 17.6 Å². The average molecular weight is 520 g/mol. The summed E-state index contributed by atoms with van der Waals surface area (Å²) < 4.78 is 57.8. The van der Waals surface area contributed by atoms with Gasteiger partial charge in [0.15, 0.2) is 5.82 Å². The van der Waals surface area contributed by atoms with Crippen LogP contribution >= 0.6 is 15.9 Å². The molecular weight excluding hydrogens is 504 g/mol. The number of sulfonamides is 1. The van der Waals surface area contributed by atoms with Crippen molar-refractivity contribution >= 4 is 48.5 Å². The lowest BCUT2D eigenvalue weighted by Gasteiger charge is -2.12. The Balaban J connectivity index is 1.74. The first-order valence-electron chi connectivity index (χ1n) is 9.48. The summed E-state index contributed by atoms with van der Waals surface area (Å²) >= 11 is 3.25. The first-order chi connectivity index (χ1) is 15.2. The molecule has 0 atom stereocenters. The Labute approximate surface area is 190 Å². The van der Waals surface area contributed by atoms with E-state index in [1.165, 1.54) is 24.5 Å². The predicted molar refractivity (Wildman–Crippen MR) is 120 cm³/mol. The standard InChI is InChI=1S/C22H16BrF2N3O3S/c1-2-12-3-5-14(6-4-12)32(30,31)28-18-8-7-17(24)19(20(18)25)21(29)16-11-27-22-15(16)9-13(23)10-26-22/h3-11,28H,2H2,1H3,(H,26,27). The highest BCUT2D eigenvalue weighted by atomic mass is 79.9. The largest absolute Gasteiger partial charge is 0.345 e. The number of hydrogen-bond donors (Lipinski definition) is 2. The van der Waals surface area contributed by atoms with Gasteiger partial charge in [0.2, 0.25) is 5.78 Å². The number of aryl methyl sites for hydroxylation is 1. The highest BCUT2D eigenvalue weighted by molar-refractivity contribution is 9.10. The third-order valence-electron chi connectivity index (χ3n) is 4.95. The molecule has 0 amide bonds. The smallest absolute Gasteiger partial charge is 0.261 e. The number of ketones is 1. The van der Waals surface area contributed by atoms with Crippen LogP contribution < -0.4 is 4.72 Å². The number of carbonyl (C=O) groups is 1. The maximum atomic E-state index is 15.2. The van der Waals surface area contributed by atoms with Crippen LogP contribution in [0.4, 0.5) is 14.5 Å². The Morgan fingerprint density at radius 1 is 1.16 bits per heavy atom. The molecule has 10 heteroatoms. The van der Waals surface area contributed by atoms with Crippen molar-refractivity contribution in [2.24, 2.45) is 0 Å². The van der Waals surface area contributed by atoms with Crippen LogP contribution in [0, 0.1) is 11.6 Å². The van der Waals surface area contributed by atoms with Gasteiger partial charge < -0.3 is 4.98 Å². The molecule has 2 aromatic carbocycles. The number of nitrogens with one attached hydrogen (secondary N) is 2. The van der Waals surface area contributed by atoms with Crippen molar-refractivity contribution < 1.29 is 22.0 Å². The van der Waals surface area contributed by atoms with Crippen molar-refractivity contribution in [3.8, 4) is 0 Å². The molecule has 32 heavy (non-hydrogen) atoms. The maximum absolute atomic E-state index is 15.2. The molecule has 0 spiro atoms. The second-order valence-electron chi connectivity index (χ2n) is 6.97. The lowest BCUT2D eigenvalue weighted by atomic mass is 10.0. The minimum atomic E-state index is -4.16. The van der Waals surface area contributed by atoms with E-state index < -0.39 is 38.7 Å². The van der Waals surface area contributed by atoms with Gasteiger partial charge >= 0.3 is 0 Å². The second-order valence-corrected chi connectivity index (χ2v) is 9.57. The molecule has 0 fully saturated rings. The number of hydrogen-bond acceptors (Lipinski definition) is 4. The number of pyridine rings is 1. The molecule has 0 aliphatic carbocycles. The van der Waals surface area contributed by atoms with E-state index in [4.69, 9.17) is 0 Å². The topological polar surface area (TPSA) is 91.9 Å². The lowest BCUT2D eigenvalue weighted by Crippen LogP contribution is -2.16. The molecule has 0 aliphatic rings. The van der Waals surface area contributed by atoms with Crippen LogP contribution in [0.2, 0.25) is 0 Å². The SMILES string of the molecule is CCc1ccc(S(=O)(=O)Nc2ccc(F)c(C(=O)c3c[nH]c4ncc(Br)cc34)c2F)cc1. The van der Waals surface area contributed by atoms with E-state index >= 15 is 4.39 Å². The summed E-state index contributed by atoms with van der Waals surface area (Å²) in [5.41, 5.74) is -0.1000. The van der Waals surface area contributed by atoms with Crippen LogP contribution in [0.5, 0.6) is 0 Å². The normalized spacial score (nSPS) is 11.6. The fourth-order valence-corrected chi connectivity index (χ4v) is 4.64. The van der Waals surface area contributed by atoms with Crippen molar-refractivity contribution in [2.75, 3.05) is 4.72 Å². The average Bonchev–Trinajstić information content (AvgIpc) is 3.18. The fraction of sp³-hybridized carbons (Fsp3) is 0.0909. The molecule has 2 aromatic heterocycles. The van der Waals surface area contributed by atoms with Crippen molar-refractivity contribution in [1.82, 2.24) is 9.97 Å². The first kappa shape index (κ1) is 22.1. The van der Waals surface area contributed by atoms with Crippen LogP contribution in [0.25, 0.3) is 11.0 Å². The summed E-state index contributed by atoms with van der Waals surface area (Å²) in [6.07, 6.45) is 3.54. The van der Waals surface area contributed by atoms with Crippen LogP contribution in [-0.2, 0) is 16.4 Å². The van der Waals surface area contributed by atoms with Gasteiger partial charge in [-0.1, -0.05) is 19.1 Å². The van der Waals surface area contributed by atoms with E-state index in [0.717, 1.165) is 24.1 Å². The molecule has 0 unspecified atom stereocenters. The Hall–Kier alpha value is -3.11. The highest BCUT2D eigenvalue weighted by Crippen LogP contribution is 2.29. The molecule has 0 bridgehead atoms. The molecule has 2 N–H and O–H groups in total. The van der Waals surface area contributed by atoms with Crippen LogP contribution in [-0.4, -0.2) is 24.2 Å². The van der Waals surface area contributed by atoms with E-state index in [-0.39, 0.29) is 10.5 Å². The number of rotatable bonds is 6. The quantitative estimate of drug-likeness (QED) is 0.342. The summed E-state index contributed by atoms with van der Waals surface area (Å²) in [4.78, 5) is 19.8. The van der Waals surface area contributed by atoms with Gasteiger partial charge in [0.1, 0.15) is 11.5 Å². The Bertz CT molecular complexity index is 1450. The first-order valence-corrected chi connectivity index (χ1v) is 11.8. The Morgan fingerprint density at radius 3 is 2.56 bits per heavy atom. The zero-order chi connectivity index (χ0) is 23.0. The van der Waals surface area contributed by atoms with Gasteiger partial charge in [-0.15, -0.1) is 0 Å². The van der Waals surface area contributed by atoms with Crippen LogP contribution in [0.15, 0.2) is 64.2 Å². The van der Waals surface area contributed by atoms with Crippen molar-refractivity contribution in [3.05, 3.63) is 87.7 Å².